The fourth-order valence-electron chi connectivity index (χ4n) is 12.6. The van der Waals surface area contributed by atoms with Crippen molar-refractivity contribution in [1.29, 1.82) is 0 Å². The molecule has 2 heterocycles. The van der Waals surface area contributed by atoms with Gasteiger partial charge in [0.15, 0.2) is 0 Å². The summed E-state index contributed by atoms with van der Waals surface area (Å²) >= 11 is 0. The smallest absolute Gasteiger partial charge is 0.0620 e. The fraction of sp³-hybridized carbons (Fsp3) is 0.407. The van der Waals surface area contributed by atoms with E-state index in [-0.39, 0.29) is 0 Å². The Bertz CT molecular complexity index is 2260. The molecule has 1 fully saturated rings. The van der Waals surface area contributed by atoms with Crippen molar-refractivity contribution in [3.05, 3.63) is 167 Å². The Morgan fingerprint density at radius 1 is 0.661 bits per heavy atom. The zero-order chi connectivity index (χ0) is 37.0. The Labute approximate surface area is 335 Å². The van der Waals surface area contributed by atoms with Crippen molar-refractivity contribution in [1.82, 2.24) is 9.47 Å². The molecule has 2 heteroatoms. The van der Waals surface area contributed by atoms with Gasteiger partial charge in [0.05, 0.1) is 12.1 Å². The number of likely N-dealkylation sites (tertiary alicyclic amines) is 1. The third kappa shape index (κ3) is 6.05. The summed E-state index contributed by atoms with van der Waals surface area (Å²) < 4.78 is 2.78. The van der Waals surface area contributed by atoms with Crippen LogP contribution < -0.4 is 0 Å². The molecule has 0 saturated carbocycles. The van der Waals surface area contributed by atoms with E-state index in [4.69, 9.17) is 0 Å². The predicted molar refractivity (Wildman–Crippen MR) is 236 cm³/mol. The Kier molecular flexibility index (Phi) is 9.13. The first-order chi connectivity index (χ1) is 27.8. The number of benzene rings is 1. The van der Waals surface area contributed by atoms with Gasteiger partial charge in [0.25, 0.3) is 0 Å². The van der Waals surface area contributed by atoms with Crippen LogP contribution in [0.2, 0.25) is 0 Å². The summed E-state index contributed by atoms with van der Waals surface area (Å²) in [6.45, 7) is 0. The van der Waals surface area contributed by atoms with E-state index in [0.29, 0.717) is 53.6 Å². The van der Waals surface area contributed by atoms with Crippen molar-refractivity contribution in [3.8, 4) is 0 Å². The van der Waals surface area contributed by atoms with Crippen LogP contribution in [-0.2, 0) is 6.42 Å². The lowest BCUT2D eigenvalue weighted by Gasteiger charge is -2.43. The van der Waals surface area contributed by atoms with E-state index in [9.17, 15) is 0 Å². The second-order valence-corrected chi connectivity index (χ2v) is 18.3. The molecular weight excluding hydrogens is 677 g/mol. The highest BCUT2D eigenvalue weighted by molar-refractivity contribution is 5.95. The summed E-state index contributed by atoms with van der Waals surface area (Å²) in [5.74, 6) is 3.54. The van der Waals surface area contributed by atoms with Crippen LogP contribution >= 0.6 is 0 Å². The lowest BCUT2D eigenvalue weighted by atomic mass is 9.70. The molecule has 1 aliphatic heterocycles. The zero-order valence-corrected chi connectivity index (χ0v) is 33.1. The van der Waals surface area contributed by atoms with Crippen LogP contribution in [-0.4, -0.2) is 21.6 Å². The molecule has 11 rings (SSSR count). The zero-order valence-electron chi connectivity index (χ0n) is 33.1. The van der Waals surface area contributed by atoms with E-state index in [2.05, 4.69) is 149 Å². The van der Waals surface area contributed by atoms with Crippen LogP contribution in [0, 0.1) is 35.5 Å². The average molecular weight is 735 g/mol. The minimum atomic E-state index is 0.327. The fourth-order valence-corrected chi connectivity index (χ4v) is 12.6. The van der Waals surface area contributed by atoms with Gasteiger partial charge in [-0.2, -0.15) is 0 Å². The minimum Gasteiger partial charge on any atom is -0.360 e. The molecule has 0 bridgehead atoms. The number of hydrogen-bond donors (Lipinski definition) is 0. The van der Waals surface area contributed by atoms with E-state index in [1.54, 1.807) is 22.5 Å². The maximum atomic E-state index is 2.95. The molecule has 2 nitrogen and oxygen atoms in total. The maximum Gasteiger partial charge on any atom is 0.0620 e. The van der Waals surface area contributed by atoms with Gasteiger partial charge in [-0.25, -0.2) is 0 Å². The van der Waals surface area contributed by atoms with Gasteiger partial charge in [0, 0.05) is 45.7 Å². The summed E-state index contributed by atoms with van der Waals surface area (Å²) in [6, 6.07) is 8.86. The quantitative estimate of drug-likeness (QED) is 0.268. The minimum absolute atomic E-state index is 0.327. The van der Waals surface area contributed by atoms with Gasteiger partial charge in [-0.1, -0.05) is 128 Å². The molecule has 9 aliphatic rings. The molecule has 56 heavy (non-hydrogen) atoms. The Hall–Kier alpha value is -4.56. The molecule has 0 N–H and O–H groups in total. The highest BCUT2D eigenvalue weighted by atomic mass is 15.2. The lowest BCUT2D eigenvalue weighted by Crippen LogP contribution is -2.41. The monoisotopic (exact) mass is 734 g/mol. The van der Waals surface area contributed by atoms with E-state index in [0.717, 1.165) is 19.3 Å². The van der Waals surface area contributed by atoms with E-state index < -0.39 is 0 Å². The summed E-state index contributed by atoms with van der Waals surface area (Å²) in [5.41, 5.74) is 12.2. The van der Waals surface area contributed by atoms with E-state index in [1.807, 2.05) is 0 Å². The molecule has 0 amide bonds. The highest BCUT2D eigenvalue weighted by Gasteiger charge is 2.50. The van der Waals surface area contributed by atoms with Crippen LogP contribution in [0.5, 0.6) is 0 Å². The lowest BCUT2D eigenvalue weighted by molar-refractivity contribution is 0.211. The molecule has 8 aliphatic carbocycles. The first kappa shape index (κ1) is 34.7. The largest absolute Gasteiger partial charge is 0.360 e. The van der Waals surface area contributed by atoms with E-state index in [1.165, 1.54) is 91.8 Å². The van der Waals surface area contributed by atoms with Crippen molar-refractivity contribution in [2.24, 2.45) is 35.5 Å². The molecule has 1 aromatic heterocycles. The van der Waals surface area contributed by atoms with Crippen LogP contribution in [0.1, 0.15) is 99.9 Å². The molecule has 2 aromatic rings. The number of hydrogen-bond acceptors (Lipinski definition) is 1. The first-order valence-corrected chi connectivity index (χ1v) is 22.4. The normalized spacial score (nSPS) is 34.2. The van der Waals surface area contributed by atoms with Crippen molar-refractivity contribution < 1.29 is 0 Å². The van der Waals surface area contributed by atoms with Crippen LogP contribution in [0.25, 0.3) is 22.6 Å². The number of nitrogens with zero attached hydrogens (tertiary/aromatic N) is 2. The Morgan fingerprint density at radius 2 is 1.59 bits per heavy atom. The van der Waals surface area contributed by atoms with Crippen molar-refractivity contribution in [2.45, 2.75) is 102 Å². The average Bonchev–Trinajstić information content (AvgIpc) is 3.80. The van der Waals surface area contributed by atoms with E-state index >= 15 is 0 Å². The number of allylic oxidation sites excluding steroid dienone is 19. The van der Waals surface area contributed by atoms with Gasteiger partial charge in [0.1, 0.15) is 0 Å². The van der Waals surface area contributed by atoms with Crippen molar-refractivity contribution in [2.75, 3.05) is 0 Å². The molecule has 1 aromatic carbocycles. The second-order valence-electron chi connectivity index (χ2n) is 18.3. The van der Waals surface area contributed by atoms with Gasteiger partial charge in [-0.05, 0) is 142 Å². The van der Waals surface area contributed by atoms with Crippen molar-refractivity contribution in [3.63, 3.8) is 0 Å². The van der Waals surface area contributed by atoms with Crippen LogP contribution in [0.15, 0.2) is 150 Å². The maximum absolute atomic E-state index is 2.95. The molecule has 9 atom stereocenters. The molecule has 1 saturated heterocycles. The number of aromatic nitrogens is 1. The molecular formula is C54H58N2. The van der Waals surface area contributed by atoms with Gasteiger partial charge in [0.2, 0.25) is 0 Å². The Morgan fingerprint density at radius 3 is 2.45 bits per heavy atom. The third-order valence-electron chi connectivity index (χ3n) is 15.2. The molecule has 0 radical (unpaired) electrons. The molecule has 9 unspecified atom stereocenters. The predicted octanol–water partition coefficient (Wildman–Crippen LogP) is 13.3. The number of rotatable bonds is 6. The SMILES string of the molecule is C1=CCCC(C2=CCC(n3c4c(c5cc(C6=CC=CC7C8C=CC=CC8N(C8=CC(C9C=CCCC9)CC(C9C=CC=CC9)C8)C67)ccc53)C=CCC4)CC2)=C1. The summed E-state index contributed by atoms with van der Waals surface area (Å²) in [6.07, 6.45) is 64.7. The summed E-state index contributed by atoms with van der Waals surface area (Å²) in [5, 5.41) is 1.45. The summed E-state index contributed by atoms with van der Waals surface area (Å²) in [4.78, 5) is 2.95. The standard InChI is InChI=1S/C54H58N2/c1-4-15-37(16-5-1)40-27-30-44(31-28-40)55-51-25-12-11-22-48(51)50-36-41(29-32-53(50)55)46-23-14-24-49-47-21-10-13-26-52(47)56(54(46)49)45-34-42(38-17-6-2-7-18-38)33-43(35-45)39-19-8-3-9-20-39/h1-2,4,6-8,10-11,13-15,17,19,21-24,26-27,29,32,35-36,38-39,42-44,47,49,52,54H,3,5,9,12,16,18,20,25,28,30-31,33-34H2. The van der Waals surface area contributed by atoms with Crippen LogP contribution in [0.4, 0.5) is 0 Å². The van der Waals surface area contributed by atoms with Crippen LogP contribution in [0.3, 0.4) is 0 Å². The number of fused-ring (bicyclic) bond motifs is 6. The topological polar surface area (TPSA) is 8.17 Å². The Balaban J connectivity index is 0.972. The second kappa shape index (κ2) is 14.7. The first-order valence-electron chi connectivity index (χ1n) is 22.4. The van der Waals surface area contributed by atoms with Gasteiger partial charge in [-0.3, -0.25) is 0 Å². The summed E-state index contributed by atoms with van der Waals surface area (Å²) in [7, 11) is 0. The third-order valence-corrected chi connectivity index (χ3v) is 15.2. The van der Waals surface area contributed by atoms with Gasteiger partial charge < -0.3 is 9.47 Å². The molecule has 284 valence electrons. The molecule has 0 spiro atoms. The van der Waals surface area contributed by atoms with Crippen molar-refractivity contribution >= 4 is 22.6 Å². The highest BCUT2D eigenvalue weighted by Crippen LogP contribution is 2.52. The van der Waals surface area contributed by atoms with Gasteiger partial charge >= 0.3 is 0 Å². The van der Waals surface area contributed by atoms with Gasteiger partial charge in [-0.15, -0.1) is 0 Å².